The molecule has 1 N–H and O–H groups in total. The maximum atomic E-state index is 12.4. The zero-order valence-corrected chi connectivity index (χ0v) is 19.3. The molecule has 2 rings (SSSR count). The van der Waals surface area contributed by atoms with E-state index in [2.05, 4.69) is 11.4 Å². The largest absolute Gasteiger partial charge is 0.492 e. The fraction of sp³-hybridized carbons (Fsp3) is 0.435. The number of carbonyl (C=O) groups is 1. The molecule has 0 aromatic heterocycles. The standard InChI is InChI=1S/C23H32N2O4S/c1-6-29-22-11-8-7-10-21(22)25(30(5,27)28)15-9-12-23(26)24-19(4)20-14-13-17(2)16-18(20)3/h7-8,10-11,13-14,16,19H,6,9,12,15H2,1-5H3,(H,24,26). The molecule has 6 nitrogen and oxygen atoms in total. The predicted molar refractivity (Wildman–Crippen MR) is 122 cm³/mol. The van der Waals surface area contributed by atoms with E-state index in [1.807, 2.05) is 39.8 Å². The molecule has 0 spiro atoms. The van der Waals surface area contributed by atoms with E-state index in [4.69, 9.17) is 4.74 Å². The summed E-state index contributed by atoms with van der Waals surface area (Å²) in [6.07, 6.45) is 1.80. The number of hydrogen-bond acceptors (Lipinski definition) is 4. The van der Waals surface area contributed by atoms with Crippen LogP contribution in [0.25, 0.3) is 0 Å². The molecular weight excluding hydrogens is 400 g/mol. The second-order valence-electron chi connectivity index (χ2n) is 7.49. The molecule has 7 heteroatoms. The lowest BCUT2D eigenvalue weighted by molar-refractivity contribution is -0.121. The van der Waals surface area contributed by atoms with E-state index < -0.39 is 10.0 Å². The van der Waals surface area contributed by atoms with Crippen molar-refractivity contribution in [1.82, 2.24) is 5.32 Å². The first-order valence-electron chi connectivity index (χ1n) is 10.2. The average molecular weight is 433 g/mol. The van der Waals surface area contributed by atoms with Gasteiger partial charge in [-0.25, -0.2) is 8.42 Å². The molecule has 1 atom stereocenters. The number of sulfonamides is 1. The monoisotopic (exact) mass is 432 g/mol. The Bertz CT molecular complexity index is 973. The summed E-state index contributed by atoms with van der Waals surface area (Å²) >= 11 is 0. The van der Waals surface area contributed by atoms with Gasteiger partial charge in [-0.3, -0.25) is 9.10 Å². The van der Waals surface area contributed by atoms with Crippen LogP contribution in [0, 0.1) is 13.8 Å². The number of anilines is 1. The predicted octanol–water partition coefficient (Wildman–Crippen LogP) is 4.13. The molecule has 0 aliphatic rings. The van der Waals surface area contributed by atoms with Crippen LogP contribution < -0.4 is 14.4 Å². The van der Waals surface area contributed by atoms with Gasteiger partial charge in [0.2, 0.25) is 15.9 Å². The number of amides is 1. The van der Waals surface area contributed by atoms with E-state index in [1.165, 1.54) is 9.87 Å². The first-order chi connectivity index (χ1) is 14.1. The number of para-hydroxylation sites is 2. The third-order valence-electron chi connectivity index (χ3n) is 4.87. The van der Waals surface area contributed by atoms with Crippen LogP contribution in [0.4, 0.5) is 5.69 Å². The van der Waals surface area contributed by atoms with Gasteiger partial charge in [-0.15, -0.1) is 0 Å². The molecule has 1 amide bonds. The van der Waals surface area contributed by atoms with Crippen molar-refractivity contribution in [2.45, 2.75) is 46.6 Å². The number of rotatable bonds is 10. The Labute approximate surface area is 180 Å². The van der Waals surface area contributed by atoms with E-state index in [-0.39, 0.29) is 24.9 Å². The lowest BCUT2D eigenvalue weighted by Gasteiger charge is -2.24. The molecule has 164 valence electrons. The zero-order chi connectivity index (χ0) is 22.3. The second kappa shape index (κ2) is 10.5. The number of nitrogens with one attached hydrogen (secondary N) is 1. The molecule has 0 radical (unpaired) electrons. The van der Waals surface area contributed by atoms with Gasteiger partial charge >= 0.3 is 0 Å². The number of benzene rings is 2. The fourth-order valence-corrected chi connectivity index (χ4v) is 4.46. The second-order valence-corrected chi connectivity index (χ2v) is 9.40. The highest BCUT2D eigenvalue weighted by atomic mass is 32.2. The highest BCUT2D eigenvalue weighted by Crippen LogP contribution is 2.30. The topological polar surface area (TPSA) is 75.7 Å². The van der Waals surface area contributed by atoms with Gasteiger partial charge in [0.1, 0.15) is 5.75 Å². The summed E-state index contributed by atoms with van der Waals surface area (Å²) in [6.45, 7) is 8.52. The lowest BCUT2D eigenvalue weighted by Crippen LogP contribution is -2.33. The van der Waals surface area contributed by atoms with Gasteiger partial charge in [0.25, 0.3) is 0 Å². The molecule has 2 aromatic carbocycles. The first-order valence-corrected chi connectivity index (χ1v) is 12.0. The quantitative estimate of drug-likeness (QED) is 0.613. The van der Waals surface area contributed by atoms with Gasteiger partial charge < -0.3 is 10.1 Å². The lowest BCUT2D eigenvalue weighted by atomic mass is 10.00. The van der Waals surface area contributed by atoms with E-state index >= 15 is 0 Å². The van der Waals surface area contributed by atoms with Crippen molar-refractivity contribution in [1.29, 1.82) is 0 Å². The Hall–Kier alpha value is -2.54. The van der Waals surface area contributed by atoms with Crippen molar-refractivity contribution >= 4 is 21.6 Å². The molecule has 0 bridgehead atoms. The number of nitrogens with zero attached hydrogens (tertiary/aromatic N) is 1. The molecule has 0 saturated heterocycles. The van der Waals surface area contributed by atoms with E-state index in [9.17, 15) is 13.2 Å². The summed E-state index contributed by atoms with van der Waals surface area (Å²) in [7, 11) is -3.51. The Morgan fingerprint density at radius 3 is 2.50 bits per heavy atom. The molecule has 30 heavy (non-hydrogen) atoms. The van der Waals surface area contributed by atoms with Crippen LogP contribution in [-0.2, 0) is 14.8 Å². The van der Waals surface area contributed by atoms with Crippen LogP contribution in [0.1, 0.15) is 49.4 Å². The summed E-state index contributed by atoms with van der Waals surface area (Å²) in [5.74, 6) is 0.410. The van der Waals surface area contributed by atoms with E-state index in [1.54, 1.807) is 24.3 Å². The zero-order valence-electron chi connectivity index (χ0n) is 18.4. The van der Waals surface area contributed by atoms with Crippen LogP contribution >= 0.6 is 0 Å². The van der Waals surface area contributed by atoms with Gasteiger partial charge in [0, 0.05) is 13.0 Å². The third-order valence-corrected chi connectivity index (χ3v) is 6.05. The van der Waals surface area contributed by atoms with Gasteiger partial charge in [0.15, 0.2) is 0 Å². The molecule has 0 saturated carbocycles. The Balaban J connectivity index is 2.01. The summed E-state index contributed by atoms with van der Waals surface area (Å²) in [6, 6.07) is 13.1. The van der Waals surface area contributed by atoms with Gasteiger partial charge in [-0.05, 0) is 57.4 Å². The van der Waals surface area contributed by atoms with Gasteiger partial charge in [-0.2, -0.15) is 0 Å². The number of hydrogen-bond donors (Lipinski definition) is 1. The minimum Gasteiger partial charge on any atom is -0.492 e. The molecule has 1 unspecified atom stereocenters. The summed E-state index contributed by atoms with van der Waals surface area (Å²) in [5, 5.41) is 3.01. The number of carbonyl (C=O) groups excluding carboxylic acids is 1. The van der Waals surface area contributed by atoms with Gasteiger partial charge in [-0.1, -0.05) is 35.9 Å². The maximum Gasteiger partial charge on any atom is 0.232 e. The van der Waals surface area contributed by atoms with Gasteiger partial charge in [0.05, 0.1) is 24.6 Å². The molecule has 0 heterocycles. The van der Waals surface area contributed by atoms with Crippen LogP contribution in [0.3, 0.4) is 0 Å². The van der Waals surface area contributed by atoms with Crippen molar-refractivity contribution in [2.24, 2.45) is 0 Å². The summed E-state index contributed by atoms with van der Waals surface area (Å²) in [5.41, 5.74) is 3.89. The van der Waals surface area contributed by atoms with Crippen LogP contribution in [-0.4, -0.2) is 33.7 Å². The van der Waals surface area contributed by atoms with Crippen LogP contribution in [0.15, 0.2) is 42.5 Å². The molecule has 2 aromatic rings. The highest BCUT2D eigenvalue weighted by Gasteiger charge is 2.21. The Morgan fingerprint density at radius 1 is 1.17 bits per heavy atom. The van der Waals surface area contributed by atoms with Crippen molar-refractivity contribution < 1.29 is 17.9 Å². The van der Waals surface area contributed by atoms with Crippen LogP contribution in [0.2, 0.25) is 0 Å². The van der Waals surface area contributed by atoms with E-state index in [0.717, 1.165) is 17.4 Å². The minimum absolute atomic E-state index is 0.103. The Morgan fingerprint density at radius 2 is 1.87 bits per heavy atom. The summed E-state index contributed by atoms with van der Waals surface area (Å²) < 4.78 is 31.6. The molecule has 0 aliphatic carbocycles. The molecule has 0 aliphatic heterocycles. The van der Waals surface area contributed by atoms with Crippen LogP contribution in [0.5, 0.6) is 5.75 Å². The molecular formula is C23H32N2O4S. The van der Waals surface area contributed by atoms with Crippen molar-refractivity contribution in [3.63, 3.8) is 0 Å². The number of aryl methyl sites for hydroxylation is 2. The Kier molecular flexibility index (Phi) is 8.29. The normalized spacial score (nSPS) is 12.3. The first kappa shape index (κ1) is 23.7. The fourth-order valence-electron chi connectivity index (χ4n) is 3.49. The average Bonchev–Trinajstić information content (AvgIpc) is 2.65. The summed E-state index contributed by atoms with van der Waals surface area (Å²) in [4.78, 5) is 12.4. The smallest absolute Gasteiger partial charge is 0.232 e. The minimum atomic E-state index is -3.51. The van der Waals surface area contributed by atoms with Crippen molar-refractivity contribution in [3.8, 4) is 5.75 Å². The van der Waals surface area contributed by atoms with Crippen molar-refractivity contribution in [2.75, 3.05) is 23.7 Å². The SMILES string of the molecule is CCOc1ccccc1N(CCCC(=O)NC(C)c1ccc(C)cc1C)S(C)(=O)=O. The van der Waals surface area contributed by atoms with E-state index in [0.29, 0.717) is 24.5 Å². The maximum absolute atomic E-state index is 12.4. The number of ether oxygens (including phenoxy) is 1. The third kappa shape index (κ3) is 6.49. The highest BCUT2D eigenvalue weighted by molar-refractivity contribution is 7.92. The molecule has 0 fully saturated rings. The van der Waals surface area contributed by atoms with Crippen molar-refractivity contribution in [3.05, 3.63) is 59.2 Å².